The predicted molar refractivity (Wildman–Crippen MR) is 91.2 cm³/mol. The number of para-hydroxylation sites is 1. The summed E-state index contributed by atoms with van der Waals surface area (Å²) < 4.78 is 24.6. The number of rotatable bonds is 4. The summed E-state index contributed by atoms with van der Waals surface area (Å²) in [5, 5.41) is 15.0. The molecule has 1 N–H and O–H groups in total. The van der Waals surface area contributed by atoms with E-state index in [0.29, 0.717) is 23.9 Å². The number of benzene rings is 1. The third-order valence-electron chi connectivity index (χ3n) is 4.23. The summed E-state index contributed by atoms with van der Waals surface area (Å²) in [5.74, 6) is -0.0439. The van der Waals surface area contributed by atoms with Gasteiger partial charge in [-0.05, 0) is 19.4 Å². The third-order valence-corrected chi connectivity index (χ3v) is 6.00. The van der Waals surface area contributed by atoms with Crippen molar-refractivity contribution >= 4 is 32.1 Å². The van der Waals surface area contributed by atoms with Gasteiger partial charge >= 0.3 is 11.2 Å². The third kappa shape index (κ3) is 2.75. The standard InChI is InChI=1S/C15H17N3O5S/c1-2-17-12-6-4-3-5-11(12)13(14(15(17)19)18(20)21)16-10-7-8-24(22,23)9-10/h3-6,10,16H,2,7-9H2,1H3/t10-/m0/s1. The largest absolute Gasteiger partial charge is 0.375 e. The van der Waals surface area contributed by atoms with E-state index in [2.05, 4.69) is 5.32 Å². The van der Waals surface area contributed by atoms with Gasteiger partial charge in [0.2, 0.25) is 0 Å². The molecule has 0 amide bonds. The van der Waals surface area contributed by atoms with Crippen LogP contribution in [0.2, 0.25) is 0 Å². The number of nitro groups is 1. The van der Waals surface area contributed by atoms with Crippen molar-refractivity contribution in [2.75, 3.05) is 16.8 Å². The van der Waals surface area contributed by atoms with Crippen LogP contribution in [-0.4, -0.2) is 35.5 Å². The van der Waals surface area contributed by atoms with Crippen LogP contribution in [0.1, 0.15) is 13.3 Å². The zero-order chi connectivity index (χ0) is 17.5. The lowest BCUT2D eigenvalue weighted by atomic mass is 10.1. The molecule has 1 fully saturated rings. The molecule has 1 atom stereocenters. The van der Waals surface area contributed by atoms with Gasteiger partial charge in [-0.2, -0.15) is 0 Å². The number of nitrogens with one attached hydrogen (secondary N) is 1. The van der Waals surface area contributed by atoms with Gasteiger partial charge in [0.15, 0.2) is 9.84 Å². The summed E-state index contributed by atoms with van der Waals surface area (Å²) in [6.45, 7) is 2.05. The lowest BCUT2D eigenvalue weighted by molar-refractivity contribution is -0.385. The highest BCUT2D eigenvalue weighted by Gasteiger charge is 2.32. The fraction of sp³-hybridized carbons (Fsp3) is 0.400. The van der Waals surface area contributed by atoms with Gasteiger partial charge in [-0.25, -0.2) is 8.42 Å². The summed E-state index contributed by atoms with van der Waals surface area (Å²) in [5.41, 5.74) is -0.546. The van der Waals surface area contributed by atoms with Crippen LogP contribution in [-0.2, 0) is 16.4 Å². The molecular formula is C15H17N3O5S. The van der Waals surface area contributed by atoms with Crippen LogP contribution < -0.4 is 10.9 Å². The number of hydrogen-bond acceptors (Lipinski definition) is 6. The highest BCUT2D eigenvalue weighted by Crippen LogP contribution is 2.32. The molecule has 8 nitrogen and oxygen atoms in total. The topological polar surface area (TPSA) is 111 Å². The molecule has 24 heavy (non-hydrogen) atoms. The van der Waals surface area contributed by atoms with E-state index >= 15 is 0 Å². The first-order valence-corrected chi connectivity index (χ1v) is 9.43. The van der Waals surface area contributed by atoms with Gasteiger partial charge in [-0.1, -0.05) is 18.2 Å². The number of aryl methyl sites for hydroxylation is 1. The van der Waals surface area contributed by atoms with Crippen LogP contribution in [0.15, 0.2) is 29.1 Å². The molecule has 0 radical (unpaired) electrons. The van der Waals surface area contributed by atoms with Crippen LogP contribution in [0.25, 0.3) is 10.9 Å². The number of anilines is 1. The first-order valence-electron chi connectivity index (χ1n) is 7.61. The van der Waals surface area contributed by atoms with E-state index in [-0.39, 0.29) is 17.2 Å². The molecule has 0 unspecified atom stereocenters. The minimum absolute atomic E-state index is 0.0441. The summed E-state index contributed by atoms with van der Waals surface area (Å²) in [6, 6.07) is 6.46. The average molecular weight is 351 g/mol. The van der Waals surface area contributed by atoms with Crippen molar-refractivity contribution in [2.45, 2.75) is 25.9 Å². The van der Waals surface area contributed by atoms with Crippen molar-refractivity contribution in [3.8, 4) is 0 Å². The molecule has 3 rings (SSSR count). The summed E-state index contributed by atoms with van der Waals surface area (Å²) >= 11 is 0. The Hall–Kier alpha value is -2.42. The highest BCUT2D eigenvalue weighted by molar-refractivity contribution is 7.91. The van der Waals surface area contributed by atoms with Gasteiger partial charge in [0.05, 0.1) is 21.9 Å². The maximum Gasteiger partial charge on any atom is 0.357 e. The van der Waals surface area contributed by atoms with Gasteiger partial charge in [-0.3, -0.25) is 14.9 Å². The van der Waals surface area contributed by atoms with E-state index < -0.39 is 32.0 Å². The molecule has 0 bridgehead atoms. The first-order chi connectivity index (χ1) is 11.3. The Kier molecular flexibility index (Phi) is 4.04. The maximum atomic E-state index is 12.5. The number of pyridine rings is 1. The highest BCUT2D eigenvalue weighted by atomic mass is 32.2. The minimum Gasteiger partial charge on any atom is -0.375 e. The number of nitrogens with zero attached hydrogens (tertiary/aromatic N) is 2. The molecule has 1 aliphatic rings. The van der Waals surface area contributed by atoms with Gasteiger partial charge in [0.25, 0.3) is 0 Å². The Labute approximate surface area is 138 Å². The van der Waals surface area contributed by atoms with Crippen LogP contribution in [0.5, 0.6) is 0 Å². The molecule has 1 aromatic heterocycles. The lowest BCUT2D eigenvalue weighted by Gasteiger charge is -2.17. The Bertz CT molecular complexity index is 981. The molecule has 2 aromatic rings. The van der Waals surface area contributed by atoms with Gasteiger partial charge < -0.3 is 9.88 Å². The Morgan fingerprint density at radius 3 is 2.67 bits per heavy atom. The Morgan fingerprint density at radius 2 is 2.08 bits per heavy atom. The second-order valence-corrected chi connectivity index (χ2v) is 8.02. The monoisotopic (exact) mass is 351 g/mol. The van der Waals surface area contributed by atoms with Gasteiger partial charge in [0.1, 0.15) is 5.69 Å². The SMILES string of the molecule is CCn1c(=O)c([N+](=O)[O-])c(N[C@H]2CCS(=O)(=O)C2)c2ccccc21. The Balaban J connectivity index is 2.24. The van der Waals surface area contributed by atoms with E-state index in [1.807, 2.05) is 0 Å². The smallest absolute Gasteiger partial charge is 0.357 e. The quantitative estimate of drug-likeness (QED) is 0.660. The van der Waals surface area contributed by atoms with Gasteiger partial charge in [0, 0.05) is 18.0 Å². The van der Waals surface area contributed by atoms with Crippen molar-refractivity contribution in [3.63, 3.8) is 0 Å². The summed E-state index contributed by atoms with van der Waals surface area (Å²) in [4.78, 5) is 23.3. The molecule has 0 aliphatic carbocycles. The fourth-order valence-electron chi connectivity index (χ4n) is 3.13. The summed E-state index contributed by atoms with van der Waals surface area (Å²) in [6.07, 6.45) is 0.366. The molecule has 128 valence electrons. The fourth-order valence-corrected chi connectivity index (χ4v) is 4.81. The van der Waals surface area contributed by atoms with E-state index in [1.165, 1.54) is 4.57 Å². The van der Waals surface area contributed by atoms with E-state index in [1.54, 1.807) is 31.2 Å². The normalized spacial score (nSPS) is 19.5. The average Bonchev–Trinajstić information content (AvgIpc) is 2.86. The maximum absolute atomic E-state index is 12.5. The van der Waals surface area contributed by atoms with Crippen molar-refractivity contribution in [2.24, 2.45) is 0 Å². The number of hydrogen-bond donors (Lipinski definition) is 1. The molecule has 1 saturated heterocycles. The number of aromatic nitrogens is 1. The molecular weight excluding hydrogens is 334 g/mol. The molecule has 0 saturated carbocycles. The lowest BCUT2D eigenvalue weighted by Crippen LogP contribution is -2.27. The molecule has 0 spiro atoms. The molecule has 1 aliphatic heterocycles. The van der Waals surface area contributed by atoms with Crippen LogP contribution in [0.3, 0.4) is 0 Å². The number of sulfone groups is 1. The van der Waals surface area contributed by atoms with Crippen LogP contribution >= 0.6 is 0 Å². The first kappa shape index (κ1) is 16.4. The predicted octanol–water partition coefficient (Wildman–Crippen LogP) is 1.53. The second-order valence-electron chi connectivity index (χ2n) is 5.79. The zero-order valence-electron chi connectivity index (χ0n) is 13.1. The van der Waals surface area contributed by atoms with Crippen molar-refractivity contribution in [1.29, 1.82) is 0 Å². The minimum atomic E-state index is -3.14. The van der Waals surface area contributed by atoms with E-state index in [0.717, 1.165) is 0 Å². The van der Waals surface area contributed by atoms with E-state index in [4.69, 9.17) is 0 Å². The zero-order valence-corrected chi connectivity index (χ0v) is 13.9. The van der Waals surface area contributed by atoms with Crippen molar-refractivity contribution in [1.82, 2.24) is 4.57 Å². The summed E-state index contributed by atoms with van der Waals surface area (Å²) in [7, 11) is -3.14. The van der Waals surface area contributed by atoms with E-state index in [9.17, 15) is 23.3 Å². The van der Waals surface area contributed by atoms with Crippen LogP contribution in [0.4, 0.5) is 11.4 Å². The van der Waals surface area contributed by atoms with Crippen LogP contribution in [0, 0.1) is 10.1 Å². The van der Waals surface area contributed by atoms with Gasteiger partial charge in [-0.15, -0.1) is 0 Å². The number of fused-ring (bicyclic) bond motifs is 1. The molecule has 9 heteroatoms. The molecule has 1 aromatic carbocycles. The second kappa shape index (κ2) is 5.90. The Morgan fingerprint density at radius 1 is 1.38 bits per heavy atom. The van der Waals surface area contributed by atoms with Crippen molar-refractivity contribution in [3.05, 3.63) is 44.7 Å². The van der Waals surface area contributed by atoms with Crippen molar-refractivity contribution < 1.29 is 13.3 Å². The molecule has 2 heterocycles.